The number of carboxylic acid groups (broad SMARTS) is 1. The number of hydrogen-bond acceptors (Lipinski definition) is 5. The maximum absolute atomic E-state index is 13.6. The van der Waals surface area contributed by atoms with Gasteiger partial charge in [0.2, 0.25) is 0 Å². The number of nitrogens with two attached hydrogens (primary N) is 1. The number of nitrogens with zero attached hydrogens (tertiary/aromatic N) is 2. The molecule has 2 aromatic carbocycles. The highest BCUT2D eigenvalue weighted by molar-refractivity contribution is 5.96. The normalized spacial score (nSPS) is 12.6. The summed E-state index contributed by atoms with van der Waals surface area (Å²) in [5.41, 5.74) is 6.97. The van der Waals surface area contributed by atoms with Crippen molar-refractivity contribution in [2.24, 2.45) is 10.7 Å². The van der Waals surface area contributed by atoms with Crippen molar-refractivity contribution in [1.29, 1.82) is 0 Å². The van der Waals surface area contributed by atoms with Crippen molar-refractivity contribution in [3.05, 3.63) is 118 Å². The number of nitrogens with one attached hydrogen (secondary N) is 2. The number of amides is 1. The number of carbonyl (C=O) groups is 2. The Bertz CT molecular complexity index is 1360. The third-order valence-electron chi connectivity index (χ3n) is 6.21. The lowest BCUT2D eigenvalue weighted by Crippen LogP contribution is -2.43. The lowest BCUT2D eigenvalue weighted by molar-refractivity contribution is -0.139. The summed E-state index contributed by atoms with van der Waals surface area (Å²) in [6.07, 6.45) is 4.65. The van der Waals surface area contributed by atoms with Gasteiger partial charge in [0.25, 0.3) is 11.5 Å². The molecule has 216 valence electrons. The Hall–Kier alpha value is -4.86. The van der Waals surface area contributed by atoms with Gasteiger partial charge >= 0.3 is 5.97 Å². The first-order valence-electron chi connectivity index (χ1n) is 13.6. The molecule has 3 aromatic rings. The lowest BCUT2D eigenvalue weighted by Gasteiger charge is -2.22. The molecule has 1 amide bonds. The van der Waals surface area contributed by atoms with E-state index in [9.17, 15) is 19.5 Å². The summed E-state index contributed by atoms with van der Waals surface area (Å²) in [7, 11) is 0. The zero-order valence-corrected chi connectivity index (χ0v) is 23.3. The largest absolute Gasteiger partial charge is 0.480 e. The van der Waals surface area contributed by atoms with Crippen molar-refractivity contribution in [2.45, 2.75) is 45.2 Å². The van der Waals surface area contributed by atoms with Crippen LogP contribution in [0.4, 0.5) is 0 Å². The summed E-state index contributed by atoms with van der Waals surface area (Å²) in [6.45, 7) is 4.52. The Morgan fingerprint density at radius 2 is 1.66 bits per heavy atom. The van der Waals surface area contributed by atoms with Gasteiger partial charge in [0.05, 0.1) is 12.6 Å². The maximum Gasteiger partial charge on any atom is 0.326 e. The maximum atomic E-state index is 13.6. The highest BCUT2D eigenvalue weighted by atomic mass is 16.5. The van der Waals surface area contributed by atoms with E-state index in [1.54, 1.807) is 12.3 Å². The number of benzene rings is 2. The van der Waals surface area contributed by atoms with E-state index in [4.69, 9.17) is 10.5 Å². The van der Waals surface area contributed by atoms with Gasteiger partial charge in [0.15, 0.2) is 11.8 Å². The van der Waals surface area contributed by atoms with E-state index < -0.39 is 29.5 Å². The molecule has 1 atom stereocenters. The van der Waals surface area contributed by atoms with Crippen molar-refractivity contribution in [3.63, 3.8) is 0 Å². The number of aliphatic carboxylic acids is 1. The fraction of sp³-hybridized carbons (Fsp3) is 0.290. The topological polar surface area (TPSA) is 148 Å². The van der Waals surface area contributed by atoms with Crippen LogP contribution in [0.5, 0.6) is 0 Å². The number of aromatic nitrogens is 1. The van der Waals surface area contributed by atoms with E-state index in [1.807, 2.05) is 80.6 Å². The Morgan fingerprint density at radius 1 is 1.02 bits per heavy atom. The first-order chi connectivity index (χ1) is 19.8. The fourth-order valence-corrected chi connectivity index (χ4v) is 4.31. The molecule has 10 heteroatoms. The number of pyridine rings is 1. The summed E-state index contributed by atoms with van der Waals surface area (Å²) in [5, 5.41) is 15.1. The van der Waals surface area contributed by atoms with Crippen LogP contribution in [-0.2, 0) is 9.53 Å². The van der Waals surface area contributed by atoms with Crippen LogP contribution in [-0.4, -0.2) is 46.7 Å². The molecule has 0 saturated carbocycles. The van der Waals surface area contributed by atoms with Crippen LogP contribution >= 0.6 is 0 Å². The lowest BCUT2D eigenvalue weighted by atomic mass is 9.98. The van der Waals surface area contributed by atoms with Crippen molar-refractivity contribution in [3.8, 4) is 0 Å². The fourth-order valence-electron chi connectivity index (χ4n) is 4.31. The second-order valence-corrected chi connectivity index (χ2v) is 9.17. The standard InChI is InChI=1S/C31H37N5O5/c1-3-13-26(41-4-2)35-31(32)33-20-11-19-25(30(39)40)34-28(37)24-18-12-21-36(29(24)38)27(22-14-7-5-8-15-22)23-16-9-6-10-17-23/h5-10,12-18,21,25,27H,3-4,11,19-20H2,1-2H3,(H,34,37)(H,39,40)(H3,32,33,35)/b26-13+. The molecule has 41 heavy (non-hydrogen) atoms. The summed E-state index contributed by atoms with van der Waals surface area (Å²) in [6, 6.07) is 20.3. The van der Waals surface area contributed by atoms with E-state index in [0.717, 1.165) is 17.5 Å². The molecule has 0 bridgehead atoms. The van der Waals surface area contributed by atoms with Crippen LogP contribution in [0.1, 0.15) is 60.6 Å². The third kappa shape index (κ3) is 8.82. The molecule has 0 radical (unpaired) electrons. The first-order valence-corrected chi connectivity index (χ1v) is 13.6. The predicted molar refractivity (Wildman–Crippen MR) is 159 cm³/mol. The van der Waals surface area contributed by atoms with Gasteiger partial charge in [-0.25, -0.2) is 4.79 Å². The number of aliphatic imine (C=N–C) groups is 1. The number of allylic oxidation sites excluding steroid dienone is 1. The minimum Gasteiger partial charge on any atom is -0.480 e. The van der Waals surface area contributed by atoms with Crippen LogP contribution < -0.4 is 21.9 Å². The SMILES string of the molecule is CC/C=C(\NC(N)=NCCCC(NC(=O)c1cccn(C(c2ccccc2)c2ccccc2)c1=O)C(=O)O)OCC. The predicted octanol–water partition coefficient (Wildman–Crippen LogP) is 3.64. The number of carboxylic acids is 1. The molecular weight excluding hydrogens is 522 g/mol. The molecule has 3 rings (SSSR count). The average Bonchev–Trinajstić information content (AvgIpc) is 2.97. The molecule has 0 saturated heterocycles. The number of carbonyl (C=O) groups excluding carboxylic acids is 1. The van der Waals surface area contributed by atoms with Gasteiger partial charge in [-0.05, 0) is 55.5 Å². The molecular formula is C31H37N5O5. The third-order valence-corrected chi connectivity index (χ3v) is 6.21. The van der Waals surface area contributed by atoms with Gasteiger partial charge in [-0.1, -0.05) is 67.6 Å². The van der Waals surface area contributed by atoms with Crippen molar-refractivity contribution >= 4 is 17.8 Å². The smallest absolute Gasteiger partial charge is 0.326 e. The molecule has 10 nitrogen and oxygen atoms in total. The van der Waals surface area contributed by atoms with Gasteiger partial charge in [0, 0.05) is 12.7 Å². The van der Waals surface area contributed by atoms with Crippen molar-refractivity contribution < 1.29 is 19.4 Å². The van der Waals surface area contributed by atoms with Crippen LogP contribution in [0.15, 0.2) is 101 Å². The molecule has 0 spiro atoms. The monoisotopic (exact) mass is 559 g/mol. The van der Waals surface area contributed by atoms with Gasteiger partial charge in [-0.3, -0.25) is 19.9 Å². The van der Waals surface area contributed by atoms with Crippen LogP contribution in [0.3, 0.4) is 0 Å². The van der Waals surface area contributed by atoms with E-state index in [1.165, 1.54) is 10.6 Å². The second kappa shape index (κ2) is 15.7. The number of hydrogen-bond donors (Lipinski definition) is 4. The van der Waals surface area contributed by atoms with Crippen molar-refractivity contribution in [1.82, 2.24) is 15.2 Å². The van der Waals surface area contributed by atoms with Gasteiger partial charge < -0.3 is 25.5 Å². The minimum atomic E-state index is -1.21. The molecule has 0 aliphatic carbocycles. The average molecular weight is 560 g/mol. The summed E-state index contributed by atoms with van der Waals surface area (Å²) < 4.78 is 6.92. The van der Waals surface area contributed by atoms with E-state index in [-0.39, 0.29) is 24.5 Å². The molecule has 0 fully saturated rings. The van der Waals surface area contributed by atoms with E-state index in [0.29, 0.717) is 18.9 Å². The van der Waals surface area contributed by atoms with Gasteiger partial charge in [-0.2, -0.15) is 0 Å². The van der Waals surface area contributed by atoms with E-state index >= 15 is 0 Å². The quantitative estimate of drug-likeness (QED) is 0.102. The Morgan fingerprint density at radius 3 is 2.22 bits per heavy atom. The van der Waals surface area contributed by atoms with Gasteiger partial charge in [-0.15, -0.1) is 0 Å². The first kappa shape index (κ1) is 30.7. The molecule has 1 heterocycles. The van der Waals surface area contributed by atoms with Gasteiger partial charge in [0.1, 0.15) is 11.6 Å². The zero-order valence-electron chi connectivity index (χ0n) is 23.3. The molecule has 1 aromatic heterocycles. The molecule has 0 aliphatic heterocycles. The van der Waals surface area contributed by atoms with Crippen LogP contribution in [0.2, 0.25) is 0 Å². The zero-order chi connectivity index (χ0) is 29.6. The Balaban J connectivity index is 1.74. The minimum absolute atomic E-state index is 0.0959. The Labute approximate surface area is 239 Å². The molecule has 0 aliphatic rings. The Kier molecular flexibility index (Phi) is 11.7. The van der Waals surface area contributed by atoms with Crippen LogP contribution in [0, 0.1) is 0 Å². The van der Waals surface area contributed by atoms with Crippen LogP contribution in [0.25, 0.3) is 0 Å². The van der Waals surface area contributed by atoms with E-state index in [2.05, 4.69) is 15.6 Å². The number of guanidine groups is 1. The second-order valence-electron chi connectivity index (χ2n) is 9.17. The molecule has 1 unspecified atom stereocenters. The summed E-state index contributed by atoms with van der Waals surface area (Å²) in [4.78, 5) is 42.8. The number of rotatable bonds is 14. The summed E-state index contributed by atoms with van der Waals surface area (Å²) in [5.74, 6) is -1.32. The highest BCUT2D eigenvalue weighted by Gasteiger charge is 2.24. The highest BCUT2D eigenvalue weighted by Crippen LogP contribution is 2.25. The molecule has 5 N–H and O–H groups in total. The summed E-state index contributed by atoms with van der Waals surface area (Å²) >= 11 is 0. The van der Waals surface area contributed by atoms with Crippen molar-refractivity contribution in [2.75, 3.05) is 13.2 Å². The number of ether oxygens (including phenoxy) is 1.